The van der Waals surface area contributed by atoms with Crippen LogP contribution in [-0.2, 0) is 4.79 Å². The Morgan fingerprint density at radius 3 is 2.38 bits per heavy atom. The van der Waals surface area contributed by atoms with Gasteiger partial charge in [0.1, 0.15) is 0 Å². The van der Waals surface area contributed by atoms with Gasteiger partial charge in [-0.25, -0.2) is 0 Å². The van der Waals surface area contributed by atoms with E-state index in [-0.39, 0.29) is 5.91 Å². The van der Waals surface area contributed by atoms with Gasteiger partial charge in [-0.15, -0.1) is 0 Å². The minimum atomic E-state index is 0.0768. The van der Waals surface area contributed by atoms with Crippen LogP contribution in [0, 0.1) is 13.8 Å². The maximum absolute atomic E-state index is 11.6. The number of alkyl halides is 1. The number of rotatable bonds is 4. The van der Waals surface area contributed by atoms with E-state index >= 15 is 0 Å². The summed E-state index contributed by atoms with van der Waals surface area (Å²) in [4.78, 5) is 11.6. The molecule has 0 aliphatic rings. The van der Waals surface area contributed by atoms with E-state index in [1.807, 2.05) is 26.0 Å². The van der Waals surface area contributed by atoms with Gasteiger partial charge in [-0.2, -0.15) is 0 Å². The number of carbonyl (C=O) groups is 1. The third kappa shape index (κ3) is 3.91. The number of benzene rings is 1. The predicted octanol–water partition coefficient (Wildman–Crippen LogP) is 4.18. The quantitative estimate of drug-likeness (QED) is 0.812. The van der Waals surface area contributed by atoms with Crippen molar-refractivity contribution in [3.63, 3.8) is 0 Å². The average molecular weight is 349 g/mol. The van der Waals surface area contributed by atoms with Crippen molar-refractivity contribution in [1.82, 2.24) is 0 Å². The van der Waals surface area contributed by atoms with E-state index in [1.165, 1.54) is 0 Å². The molecule has 1 aromatic carbocycles. The second-order valence-electron chi connectivity index (χ2n) is 3.76. The number of carbonyl (C=O) groups excluding carboxylic acids is 1. The van der Waals surface area contributed by atoms with Gasteiger partial charge in [0.15, 0.2) is 0 Å². The van der Waals surface area contributed by atoms with Gasteiger partial charge in [0.05, 0.1) is 0 Å². The van der Waals surface area contributed by atoms with Crippen LogP contribution in [0.15, 0.2) is 16.6 Å². The van der Waals surface area contributed by atoms with E-state index < -0.39 is 0 Å². The summed E-state index contributed by atoms with van der Waals surface area (Å²) in [5.41, 5.74) is 3.10. The molecule has 1 amide bonds. The van der Waals surface area contributed by atoms with Crippen LogP contribution in [0.2, 0.25) is 0 Å². The molecule has 0 bridgehead atoms. The van der Waals surface area contributed by atoms with Crippen LogP contribution in [0.4, 0.5) is 5.69 Å². The Kier molecular flexibility index (Phi) is 5.49. The highest BCUT2D eigenvalue weighted by Gasteiger charge is 2.07. The number of hydrogen-bond donors (Lipinski definition) is 1. The van der Waals surface area contributed by atoms with Crippen molar-refractivity contribution >= 4 is 43.5 Å². The Morgan fingerprint density at radius 1 is 1.31 bits per heavy atom. The molecule has 0 aliphatic carbocycles. The monoisotopic (exact) mass is 347 g/mol. The van der Waals surface area contributed by atoms with Crippen molar-refractivity contribution in [3.8, 4) is 0 Å². The SMILES string of the molecule is Cc1cc(Br)cc(C)c1NC(=O)CCCBr. The van der Waals surface area contributed by atoms with E-state index in [1.54, 1.807) is 0 Å². The minimum absolute atomic E-state index is 0.0768. The molecular formula is C12H15Br2NO. The molecule has 4 heteroatoms. The summed E-state index contributed by atoms with van der Waals surface area (Å²) in [6.45, 7) is 4.00. The first-order valence-electron chi connectivity index (χ1n) is 5.17. The third-order valence-corrected chi connectivity index (χ3v) is 3.32. The Morgan fingerprint density at radius 2 is 1.88 bits per heavy atom. The van der Waals surface area contributed by atoms with E-state index in [2.05, 4.69) is 37.2 Å². The van der Waals surface area contributed by atoms with Crippen molar-refractivity contribution in [2.75, 3.05) is 10.6 Å². The van der Waals surface area contributed by atoms with Crippen LogP contribution < -0.4 is 5.32 Å². The zero-order chi connectivity index (χ0) is 12.1. The van der Waals surface area contributed by atoms with Crippen LogP contribution in [0.5, 0.6) is 0 Å². The van der Waals surface area contributed by atoms with Crippen molar-refractivity contribution in [2.24, 2.45) is 0 Å². The Balaban J connectivity index is 2.77. The van der Waals surface area contributed by atoms with E-state index in [0.29, 0.717) is 6.42 Å². The number of anilines is 1. The summed E-state index contributed by atoms with van der Waals surface area (Å²) in [6.07, 6.45) is 1.42. The largest absolute Gasteiger partial charge is 0.326 e. The van der Waals surface area contributed by atoms with E-state index in [9.17, 15) is 4.79 Å². The zero-order valence-corrected chi connectivity index (χ0v) is 12.6. The summed E-state index contributed by atoms with van der Waals surface area (Å²) in [5.74, 6) is 0.0768. The lowest BCUT2D eigenvalue weighted by Crippen LogP contribution is -2.13. The molecule has 0 fully saturated rings. The van der Waals surface area contributed by atoms with E-state index in [4.69, 9.17) is 0 Å². The van der Waals surface area contributed by atoms with Gasteiger partial charge in [0.25, 0.3) is 0 Å². The number of aryl methyl sites for hydroxylation is 2. The average Bonchev–Trinajstić information content (AvgIpc) is 2.20. The Labute approximate surface area is 113 Å². The fourth-order valence-corrected chi connectivity index (χ4v) is 2.50. The molecule has 0 atom stereocenters. The Bertz CT molecular complexity index is 368. The molecule has 88 valence electrons. The second kappa shape index (κ2) is 6.40. The fourth-order valence-electron chi connectivity index (χ4n) is 1.54. The molecular weight excluding hydrogens is 334 g/mol. The molecule has 2 nitrogen and oxygen atoms in total. The molecule has 0 saturated heterocycles. The molecule has 0 unspecified atom stereocenters. The van der Waals surface area contributed by atoms with Gasteiger partial charge < -0.3 is 5.32 Å². The van der Waals surface area contributed by atoms with Gasteiger partial charge in [0.2, 0.25) is 5.91 Å². The lowest BCUT2D eigenvalue weighted by Gasteiger charge is -2.12. The first kappa shape index (κ1) is 13.7. The number of nitrogens with one attached hydrogen (secondary N) is 1. The van der Waals surface area contributed by atoms with Gasteiger partial charge >= 0.3 is 0 Å². The summed E-state index contributed by atoms with van der Waals surface area (Å²) in [5, 5.41) is 3.82. The molecule has 0 heterocycles. The van der Waals surface area contributed by atoms with Gasteiger partial charge in [0, 0.05) is 21.9 Å². The standard InChI is InChI=1S/C12H15Br2NO/c1-8-6-10(14)7-9(2)12(8)15-11(16)4-3-5-13/h6-7H,3-5H2,1-2H3,(H,15,16). The lowest BCUT2D eigenvalue weighted by molar-refractivity contribution is -0.116. The maximum atomic E-state index is 11.6. The molecule has 0 aromatic heterocycles. The molecule has 1 N–H and O–H groups in total. The van der Waals surface area contributed by atoms with Crippen LogP contribution in [0.1, 0.15) is 24.0 Å². The molecule has 1 rings (SSSR count). The highest BCUT2D eigenvalue weighted by molar-refractivity contribution is 9.10. The molecule has 0 saturated carbocycles. The van der Waals surface area contributed by atoms with Crippen LogP contribution in [0.25, 0.3) is 0 Å². The minimum Gasteiger partial charge on any atom is -0.326 e. The van der Waals surface area contributed by atoms with Crippen molar-refractivity contribution in [1.29, 1.82) is 0 Å². The number of amides is 1. The smallest absolute Gasteiger partial charge is 0.224 e. The third-order valence-electron chi connectivity index (χ3n) is 2.30. The first-order chi connectivity index (χ1) is 7.54. The highest BCUT2D eigenvalue weighted by Crippen LogP contribution is 2.25. The second-order valence-corrected chi connectivity index (χ2v) is 5.46. The molecule has 0 spiro atoms. The first-order valence-corrected chi connectivity index (χ1v) is 7.08. The summed E-state index contributed by atoms with van der Waals surface area (Å²) < 4.78 is 1.04. The number of hydrogen-bond acceptors (Lipinski definition) is 1. The molecule has 0 radical (unpaired) electrons. The van der Waals surface area contributed by atoms with Crippen LogP contribution in [0.3, 0.4) is 0 Å². The van der Waals surface area contributed by atoms with Crippen molar-refractivity contribution in [3.05, 3.63) is 27.7 Å². The van der Waals surface area contributed by atoms with Gasteiger partial charge in [-0.1, -0.05) is 31.9 Å². The van der Waals surface area contributed by atoms with Crippen molar-refractivity contribution in [2.45, 2.75) is 26.7 Å². The van der Waals surface area contributed by atoms with Gasteiger partial charge in [-0.05, 0) is 43.5 Å². The number of halogens is 2. The fraction of sp³-hybridized carbons (Fsp3) is 0.417. The summed E-state index contributed by atoms with van der Waals surface area (Å²) in [6, 6.07) is 4.01. The maximum Gasteiger partial charge on any atom is 0.224 e. The van der Waals surface area contributed by atoms with Gasteiger partial charge in [-0.3, -0.25) is 4.79 Å². The molecule has 1 aromatic rings. The Hall–Kier alpha value is -0.350. The molecule has 0 aliphatic heterocycles. The van der Waals surface area contributed by atoms with E-state index in [0.717, 1.165) is 33.0 Å². The highest BCUT2D eigenvalue weighted by atomic mass is 79.9. The zero-order valence-electron chi connectivity index (χ0n) is 9.44. The summed E-state index contributed by atoms with van der Waals surface area (Å²) in [7, 11) is 0. The van der Waals surface area contributed by atoms with Crippen molar-refractivity contribution < 1.29 is 4.79 Å². The van der Waals surface area contributed by atoms with Crippen LogP contribution >= 0.6 is 31.9 Å². The molecule has 16 heavy (non-hydrogen) atoms. The van der Waals surface area contributed by atoms with Crippen LogP contribution in [-0.4, -0.2) is 11.2 Å². The predicted molar refractivity (Wildman–Crippen MR) is 75.3 cm³/mol. The topological polar surface area (TPSA) is 29.1 Å². The normalized spacial score (nSPS) is 10.2. The lowest BCUT2D eigenvalue weighted by atomic mass is 10.1. The summed E-state index contributed by atoms with van der Waals surface area (Å²) >= 11 is 6.75.